The van der Waals surface area contributed by atoms with Crippen LogP contribution in [0.3, 0.4) is 0 Å². The van der Waals surface area contributed by atoms with Crippen LogP contribution in [0, 0.1) is 0 Å². The van der Waals surface area contributed by atoms with Crippen LogP contribution >= 0.6 is 0 Å². The molecule has 0 radical (unpaired) electrons. The molecule has 0 fully saturated rings. The zero-order chi connectivity index (χ0) is 21.0. The SMILES string of the molecule is CC/C=C\C/C=C\C/C=C\CCCCCCCC(=O)OCC(C)c1ccccc1. The first-order chi connectivity index (χ1) is 14.2. The molecule has 1 rings (SSSR count). The number of unbranched alkanes of at least 4 members (excludes halogenated alkanes) is 5. The normalized spacial score (nSPS) is 12.9. The van der Waals surface area contributed by atoms with Crippen LogP contribution in [0.4, 0.5) is 0 Å². The molecule has 2 heteroatoms. The van der Waals surface area contributed by atoms with Crippen molar-refractivity contribution in [3.05, 3.63) is 72.4 Å². The van der Waals surface area contributed by atoms with Crippen LogP contribution in [0.15, 0.2) is 66.8 Å². The van der Waals surface area contributed by atoms with Gasteiger partial charge in [0.1, 0.15) is 0 Å². The van der Waals surface area contributed by atoms with Gasteiger partial charge < -0.3 is 4.74 Å². The minimum atomic E-state index is -0.0612. The Morgan fingerprint density at radius 3 is 2.21 bits per heavy atom. The van der Waals surface area contributed by atoms with Crippen LogP contribution in [-0.4, -0.2) is 12.6 Å². The smallest absolute Gasteiger partial charge is 0.305 e. The third-order valence-corrected chi connectivity index (χ3v) is 4.89. The summed E-state index contributed by atoms with van der Waals surface area (Å²) >= 11 is 0. The lowest BCUT2D eigenvalue weighted by Crippen LogP contribution is -2.10. The van der Waals surface area contributed by atoms with Crippen molar-refractivity contribution in [2.75, 3.05) is 6.61 Å². The third kappa shape index (κ3) is 14.5. The van der Waals surface area contributed by atoms with Gasteiger partial charge in [0.2, 0.25) is 0 Å². The van der Waals surface area contributed by atoms with E-state index in [4.69, 9.17) is 4.74 Å². The van der Waals surface area contributed by atoms with Crippen molar-refractivity contribution in [3.8, 4) is 0 Å². The lowest BCUT2D eigenvalue weighted by molar-refractivity contribution is -0.144. The molecule has 1 unspecified atom stereocenters. The molecule has 0 saturated heterocycles. The van der Waals surface area contributed by atoms with Gasteiger partial charge in [0.05, 0.1) is 6.61 Å². The molecule has 0 bridgehead atoms. The number of benzene rings is 1. The van der Waals surface area contributed by atoms with E-state index in [1.165, 1.54) is 24.8 Å². The molecule has 0 aliphatic rings. The summed E-state index contributed by atoms with van der Waals surface area (Å²) in [5.74, 6) is 0.190. The minimum absolute atomic E-state index is 0.0612. The van der Waals surface area contributed by atoms with Crippen LogP contribution in [0.2, 0.25) is 0 Å². The molecule has 2 nitrogen and oxygen atoms in total. The topological polar surface area (TPSA) is 26.3 Å². The second-order valence-corrected chi connectivity index (χ2v) is 7.60. The molecule has 0 N–H and O–H groups in total. The zero-order valence-electron chi connectivity index (χ0n) is 18.5. The van der Waals surface area contributed by atoms with E-state index in [1.807, 2.05) is 18.2 Å². The number of hydrogen-bond acceptors (Lipinski definition) is 2. The summed E-state index contributed by atoms with van der Waals surface area (Å²) < 4.78 is 5.42. The van der Waals surface area contributed by atoms with Gasteiger partial charge in [0, 0.05) is 12.3 Å². The molecule has 1 aromatic rings. The summed E-state index contributed by atoms with van der Waals surface area (Å²) in [6.07, 6.45) is 24.0. The van der Waals surface area contributed by atoms with E-state index in [9.17, 15) is 4.79 Å². The summed E-state index contributed by atoms with van der Waals surface area (Å²) in [4.78, 5) is 11.9. The Labute approximate surface area is 178 Å². The first kappa shape index (κ1) is 24.9. The number of allylic oxidation sites excluding steroid dienone is 6. The predicted molar refractivity (Wildman–Crippen MR) is 125 cm³/mol. The molecular formula is C27H40O2. The predicted octanol–water partition coefficient (Wildman–Crippen LogP) is 7.92. The van der Waals surface area contributed by atoms with Gasteiger partial charge in [0.15, 0.2) is 0 Å². The quantitative estimate of drug-likeness (QED) is 0.161. The molecule has 0 amide bonds. The highest BCUT2D eigenvalue weighted by Gasteiger charge is 2.08. The molecular weight excluding hydrogens is 356 g/mol. The molecule has 1 atom stereocenters. The van der Waals surface area contributed by atoms with E-state index in [1.54, 1.807) is 0 Å². The second-order valence-electron chi connectivity index (χ2n) is 7.60. The Balaban J connectivity index is 1.92. The van der Waals surface area contributed by atoms with Crippen molar-refractivity contribution >= 4 is 5.97 Å². The van der Waals surface area contributed by atoms with Crippen LogP contribution in [-0.2, 0) is 9.53 Å². The molecule has 0 saturated carbocycles. The van der Waals surface area contributed by atoms with Gasteiger partial charge >= 0.3 is 5.97 Å². The van der Waals surface area contributed by atoms with Gasteiger partial charge in [-0.3, -0.25) is 4.79 Å². The largest absolute Gasteiger partial charge is 0.465 e. The summed E-state index contributed by atoms with van der Waals surface area (Å²) in [6.45, 7) is 4.73. The second kappa shape index (κ2) is 18.0. The number of ether oxygens (including phenoxy) is 1. The van der Waals surface area contributed by atoms with Gasteiger partial charge in [-0.05, 0) is 44.1 Å². The van der Waals surface area contributed by atoms with Gasteiger partial charge in [-0.1, -0.05) is 99.9 Å². The van der Waals surface area contributed by atoms with Crippen molar-refractivity contribution < 1.29 is 9.53 Å². The Hall–Kier alpha value is -2.09. The summed E-state index contributed by atoms with van der Waals surface area (Å²) in [6, 6.07) is 10.2. The summed E-state index contributed by atoms with van der Waals surface area (Å²) in [7, 11) is 0. The Morgan fingerprint density at radius 1 is 0.862 bits per heavy atom. The Bertz CT molecular complexity index is 598. The Kier molecular flexibility index (Phi) is 15.5. The van der Waals surface area contributed by atoms with Gasteiger partial charge in [-0.15, -0.1) is 0 Å². The minimum Gasteiger partial charge on any atom is -0.465 e. The van der Waals surface area contributed by atoms with Crippen molar-refractivity contribution in [2.24, 2.45) is 0 Å². The average molecular weight is 397 g/mol. The van der Waals surface area contributed by atoms with E-state index in [0.717, 1.165) is 38.5 Å². The number of carbonyl (C=O) groups is 1. The lowest BCUT2D eigenvalue weighted by Gasteiger charge is -2.12. The number of rotatable bonds is 16. The molecule has 0 aliphatic heterocycles. The maximum absolute atomic E-state index is 11.9. The molecule has 29 heavy (non-hydrogen) atoms. The van der Waals surface area contributed by atoms with E-state index >= 15 is 0 Å². The molecule has 0 aromatic heterocycles. The monoisotopic (exact) mass is 396 g/mol. The molecule has 1 aromatic carbocycles. The fourth-order valence-electron chi connectivity index (χ4n) is 3.06. The fraction of sp³-hybridized carbons (Fsp3) is 0.519. The number of hydrogen-bond donors (Lipinski definition) is 0. The van der Waals surface area contributed by atoms with Gasteiger partial charge in [0.25, 0.3) is 0 Å². The van der Waals surface area contributed by atoms with E-state index < -0.39 is 0 Å². The average Bonchev–Trinajstić information content (AvgIpc) is 2.75. The molecule has 160 valence electrons. The lowest BCUT2D eigenvalue weighted by atomic mass is 10.0. The van der Waals surface area contributed by atoms with Crippen molar-refractivity contribution in [2.45, 2.75) is 84.0 Å². The highest BCUT2D eigenvalue weighted by Crippen LogP contribution is 2.15. The molecule has 0 spiro atoms. The Morgan fingerprint density at radius 2 is 1.48 bits per heavy atom. The van der Waals surface area contributed by atoms with Crippen molar-refractivity contribution in [3.63, 3.8) is 0 Å². The van der Waals surface area contributed by atoms with E-state index in [2.05, 4.69) is 62.4 Å². The van der Waals surface area contributed by atoms with Crippen LogP contribution in [0.1, 0.15) is 89.5 Å². The third-order valence-electron chi connectivity index (χ3n) is 4.89. The maximum atomic E-state index is 11.9. The fourth-order valence-corrected chi connectivity index (χ4v) is 3.06. The van der Waals surface area contributed by atoms with Crippen molar-refractivity contribution in [1.29, 1.82) is 0 Å². The maximum Gasteiger partial charge on any atom is 0.305 e. The zero-order valence-corrected chi connectivity index (χ0v) is 18.5. The van der Waals surface area contributed by atoms with E-state index in [-0.39, 0.29) is 11.9 Å². The van der Waals surface area contributed by atoms with Crippen LogP contribution in [0.5, 0.6) is 0 Å². The molecule has 0 heterocycles. The van der Waals surface area contributed by atoms with Gasteiger partial charge in [-0.25, -0.2) is 0 Å². The highest BCUT2D eigenvalue weighted by molar-refractivity contribution is 5.69. The van der Waals surface area contributed by atoms with E-state index in [0.29, 0.717) is 13.0 Å². The highest BCUT2D eigenvalue weighted by atomic mass is 16.5. The standard InChI is InChI=1S/C27H40O2/c1-3-4-5-6-7-8-9-10-11-12-13-14-15-16-20-23-27(28)29-24-25(2)26-21-18-17-19-22-26/h4-5,7-8,10-11,17-19,21-22,25H,3,6,9,12-16,20,23-24H2,1-2H3/b5-4-,8-7-,11-10-. The first-order valence-corrected chi connectivity index (χ1v) is 11.4. The van der Waals surface area contributed by atoms with Crippen LogP contribution in [0.25, 0.3) is 0 Å². The van der Waals surface area contributed by atoms with Gasteiger partial charge in [-0.2, -0.15) is 0 Å². The summed E-state index contributed by atoms with van der Waals surface area (Å²) in [5, 5.41) is 0. The first-order valence-electron chi connectivity index (χ1n) is 11.4. The summed E-state index contributed by atoms with van der Waals surface area (Å²) in [5.41, 5.74) is 1.22. The number of esters is 1. The number of carbonyl (C=O) groups excluding carboxylic acids is 1. The van der Waals surface area contributed by atoms with Crippen LogP contribution < -0.4 is 0 Å². The van der Waals surface area contributed by atoms with Crippen molar-refractivity contribution in [1.82, 2.24) is 0 Å². The molecule has 0 aliphatic carbocycles.